The molecule has 1 heterocycles. The Balaban J connectivity index is 1.96. The van der Waals surface area contributed by atoms with E-state index in [1.807, 2.05) is 0 Å². The highest BCUT2D eigenvalue weighted by molar-refractivity contribution is 6.31. The average molecular weight is 341 g/mol. The monoisotopic (exact) mass is 340 g/mol. The first-order valence-electron chi connectivity index (χ1n) is 7.26. The second kappa shape index (κ2) is 8.08. The molecule has 0 saturated carbocycles. The Bertz CT molecular complexity index is 589. The number of carbonyl (C=O) groups excluding carboxylic acids is 2. The molecule has 23 heavy (non-hydrogen) atoms. The summed E-state index contributed by atoms with van der Waals surface area (Å²) in [7, 11) is 0. The maximum absolute atomic E-state index is 14.0. The van der Waals surface area contributed by atoms with Crippen molar-refractivity contribution in [2.45, 2.75) is 12.5 Å². The Morgan fingerprint density at radius 3 is 3.00 bits per heavy atom. The number of hydrogen-bond donors (Lipinski definition) is 1. The van der Waals surface area contributed by atoms with Crippen LogP contribution >= 0.6 is 11.6 Å². The molecule has 1 aliphatic heterocycles. The molecule has 1 atom stereocenters. The van der Waals surface area contributed by atoms with E-state index >= 15 is 0 Å². The van der Waals surface area contributed by atoms with Crippen LogP contribution in [0.15, 0.2) is 30.9 Å². The molecule has 1 aromatic carbocycles. The van der Waals surface area contributed by atoms with E-state index in [0.717, 1.165) is 6.08 Å². The highest BCUT2D eigenvalue weighted by Crippen LogP contribution is 2.30. The summed E-state index contributed by atoms with van der Waals surface area (Å²) >= 11 is 6.04. The topological polar surface area (TPSA) is 58.6 Å². The molecule has 0 bridgehead atoms. The quantitative estimate of drug-likeness (QED) is 0.835. The van der Waals surface area contributed by atoms with E-state index in [4.69, 9.17) is 16.3 Å². The molecule has 2 rings (SSSR count). The molecular formula is C16H18ClFN2O3. The lowest BCUT2D eigenvalue weighted by Gasteiger charge is -2.33. The summed E-state index contributed by atoms with van der Waals surface area (Å²) in [6, 6.07) is 4.43. The van der Waals surface area contributed by atoms with Crippen LogP contribution in [0, 0.1) is 5.82 Å². The van der Waals surface area contributed by atoms with E-state index in [-0.39, 0.29) is 41.9 Å². The lowest BCUT2D eigenvalue weighted by Crippen LogP contribution is -2.43. The van der Waals surface area contributed by atoms with Gasteiger partial charge in [-0.05, 0) is 18.2 Å². The van der Waals surface area contributed by atoms with Crippen molar-refractivity contribution >= 4 is 23.4 Å². The van der Waals surface area contributed by atoms with Gasteiger partial charge in [0.05, 0.1) is 13.2 Å². The molecule has 1 unspecified atom stereocenters. The first-order chi connectivity index (χ1) is 11.0. The smallest absolute Gasteiger partial charge is 0.243 e. The molecule has 1 N–H and O–H groups in total. The van der Waals surface area contributed by atoms with Crippen LogP contribution in [0.2, 0.25) is 5.02 Å². The van der Waals surface area contributed by atoms with Crippen molar-refractivity contribution in [3.05, 3.63) is 47.3 Å². The molecule has 2 amide bonds. The first kappa shape index (κ1) is 17.4. The van der Waals surface area contributed by atoms with Gasteiger partial charge >= 0.3 is 0 Å². The van der Waals surface area contributed by atoms with Crippen molar-refractivity contribution in [2.75, 3.05) is 26.2 Å². The van der Waals surface area contributed by atoms with Gasteiger partial charge in [-0.3, -0.25) is 9.59 Å². The maximum Gasteiger partial charge on any atom is 0.243 e. The van der Waals surface area contributed by atoms with E-state index in [0.29, 0.717) is 13.2 Å². The summed E-state index contributed by atoms with van der Waals surface area (Å²) in [6.45, 7) is 4.53. The Labute approximate surface area is 139 Å². The van der Waals surface area contributed by atoms with Crippen LogP contribution in [0.5, 0.6) is 0 Å². The molecular weight excluding hydrogens is 323 g/mol. The van der Waals surface area contributed by atoms with E-state index in [9.17, 15) is 14.0 Å². The molecule has 7 heteroatoms. The highest BCUT2D eigenvalue weighted by atomic mass is 35.5. The van der Waals surface area contributed by atoms with E-state index in [1.54, 1.807) is 11.0 Å². The zero-order valence-electron chi connectivity index (χ0n) is 12.6. The van der Waals surface area contributed by atoms with Gasteiger partial charge in [-0.15, -0.1) is 0 Å². The molecule has 1 fully saturated rings. The second-order valence-electron chi connectivity index (χ2n) is 5.08. The Morgan fingerprint density at radius 1 is 1.52 bits per heavy atom. The summed E-state index contributed by atoms with van der Waals surface area (Å²) in [6.07, 6.45) is 0.719. The third-order valence-corrected chi connectivity index (χ3v) is 3.89. The van der Waals surface area contributed by atoms with Gasteiger partial charge in [0.2, 0.25) is 11.8 Å². The minimum atomic E-state index is -0.593. The lowest BCUT2D eigenvalue weighted by molar-refractivity contribution is -0.139. The van der Waals surface area contributed by atoms with Crippen LogP contribution in [-0.2, 0) is 14.3 Å². The van der Waals surface area contributed by atoms with Gasteiger partial charge in [-0.2, -0.15) is 0 Å². The van der Waals surface area contributed by atoms with Gasteiger partial charge in [-0.1, -0.05) is 24.2 Å². The predicted octanol–water partition coefficient (Wildman–Crippen LogP) is 2.07. The molecule has 1 aliphatic rings. The van der Waals surface area contributed by atoms with Gasteiger partial charge in [0.25, 0.3) is 0 Å². The number of rotatable bonds is 5. The van der Waals surface area contributed by atoms with Crippen molar-refractivity contribution in [1.82, 2.24) is 10.2 Å². The minimum Gasteiger partial charge on any atom is -0.370 e. The van der Waals surface area contributed by atoms with Crippen LogP contribution in [0.25, 0.3) is 0 Å². The van der Waals surface area contributed by atoms with Gasteiger partial charge in [0.15, 0.2) is 0 Å². The number of morpholine rings is 1. The van der Waals surface area contributed by atoms with Crippen molar-refractivity contribution in [3.63, 3.8) is 0 Å². The number of ether oxygens (including phenoxy) is 1. The third-order valence-electron chi connectivity index (χ3n) is 3.56. The van der Waals surface area contributed by atoms with E-state index in [1.165, 1.54) is 12.1 Å². The number of halogens is 2. The van der Waals surface area contributed by atoms with Gasteiger partial charge in [0.1, 0.15) is 11.9 Å². The molecule has 0 aliphatic carbocycles. The largest absolute Gasteiger partial charge is 0.370 e. The fourth-order valence-electron chi connectivity index (χ4n) is 2.39. The number of benzene rings is 1. The highest BCUT2D eigenvalue weighted by Gasteiger charge is 2.28. The Morgan fingerprint density at radius 2 is 2.30 bits per heavy atom. The summed E-state index contributed by atoms with van der Waals surface area (Å²) in [5.41, 5.74) is 0.270. The zero-order valence-corrected chi connectivity index (χ0v) is 13.3. The fraction of sp³-hybridized carbons (Fsp3) is 0.375. The van der Waals surface area contributed by atoms with Crippen LogP contribution in [-0.4, -0.2) is 43.0 Å². The van der Waals surface area contributed by atoms with Gasteiger partial charge < -0.3 is 15.0 Å². The zero-order chi connectivity index (χ0) is 16.8. The summed E-state index contributed by atoms with van der Waals surface area (Å²) < 4.78 is 19.5. The lowest BCUT2D eigenvalue weighted by atomic mass is 10.1. The summed E-state index contributed by atoms with van der Waals surface area (Å²) in [4.78, 5) is 24.8. The van der Waals surface area contributed by atoms with Crippen molar-refractivity contribution in [2.24, 2.45) is 0 Å². The number of hydrogen-bond acceptors (Lipinski definition) is 3. The van der Waals surface area contributed by atoms with Crippen LogP contribution in [0.3, 0.4) is 0 Å². The van der Waals surface area contributed by atoms with Crippen molar-refractivity contribution in [1.29, 1.82) is 0 Å². The standard InChI is InChI=1S/C16H18ClFN2O3/c1-2-14(21)19-7-6-15(22)20-8-9-23-13(10-20)16-11(17)4-3-5-12(16)18/h2-5,13H,1,6-10H2,(H,19,21). The van der Waals surface area contributed by atoms with Crippen LogP contribution in [0.1, 0.15) is 18.1 Å². The summed E-state index contributed by atoms with van der Waals surface area (Å²) in [5.74, 6) is -0.902. The van der Waals surface area contributed by atoms with E-state index < -0.39 is 11.9 Å². The maximum atomic E-state index is 14.0. The molecule has 0 radical (unpaired) electrons. The molecule has 1 aromatic rings. The second-order valence-corrected chi connectivity index (χ2v) is 5.49. The molecule has 0 aromatic heterocycles. The summed E-state index contributed by atoms with van der Waals surface area (Å²) in [5, 5.41) is 2.83. The van der Waals surface area contributed by atoms with E-state index in [2.05, 4.69) is 11.9 Å². The minimum absolute atomic E-state index is 0.130. The Kier molecular flexibility index (Phi) is 6.12. The molecule has 5 nitrogen and oxygen atoms in total. The molecule has 124 valence electrons. The van der Waals surface area contributed by atoms with Crippen molar-refractivity contribution in [3.8, 4) is 0 Å². The normalized spacial score (nSPS) is 17.7. The van der Waals surface area contributed by atoms with Gasteiger partial charge in [-0.25, -0.2) is 4.39 Å². The Hall–Kier alpha value is -1.92. The average Bonchev–Trinajstić information content (AvgIpc) is 2.54. The fourth-order valence-corrected chi connectivity index (χ4v) is 2.68. The van der Waals surface area contributed by atoms with Crippen LogP contribution in [0.4, 0.5) is 4.39 Å². The van der Waals surface area contributed by atoms with Crippen molar-refractivity contribution < 1.29 is 18.7 Å². The SMILES string of the molecule is C=CC(=O)NCCC(=O)N1CCOC(c2c(F)cccc2Cl)C1. The third kappa shape index (κ3) is 4.53. The number of nitrogens with one attached hydrogen (secondary N) is 1. The molecule has 0 spiro atoms. The number of carbonyl (C=O) groups is 2. The first-order valence-corrected chi connectivity index (χ1v) is 7.64. The molecule has 1 saturated heterocycles. The van der Waals surface area contributed by atoms with Crippen LogP contribution < -0.4 is 5.32 Å². The van der Waals surface area contributed by atoms with Gasteiger partial charge in [0, 0.05) is 30.1 Å². The number of nitrogens with zero attached hydrogens (tertiary/aromatic N) is 1. The number of amides is 2. The predicted molar refractivity (Wildman–Crippen MR) is 84.5 cm³/mol.